The van der Waals surface area contributed by atoms with Gasteiger partial charge in [0.05, 0.1) is 12.1 Å². The molecule has 0 radical (unpaired) electrons. The maximum atomic E-state index is 12.1. The zero-order valence-electron chi connectivity index (χ0n) is 15.1. The number of rotatable bonds is 7. The van der Waals surface area contributed by atoms with Gasteiger partial charge in [0, 0.05) is 18.1 Å². The Kier molecular flexibility index (Phi) is 5.99. The number of carbonyl (C=O) groups is 2. The predicted octanol–water partition coefficient (Wildman–Crippen LogP) is 3.29. The summed E-state index contributed by atoms with van der Waals surface area (Å²) in [6.45, 7) is 2.34. The van der Waals surface area contributed by atoms with E-state index >= 15 is 0 Å². The summed E-state index contributed by atoms with van der Waals surface area (Å²) in [6.07, 6.45) is 4.47. The number of hydrogen-bond donors (Lipinski definition) is 1. The molecule has 0 saturated heterocycles. The van der Waals surface area contributed by atoms with Crippen LogP contribution >= 0.6 is 0 Å². The lowest BCUT2D eigenvalue weighted by Gasteiger charge is -2.08. The molecule has 2 aromatic carbocycles. The van der Waals surface area contributed by atoms with Gasteiger partial charge in [0.1, 0.15) is 0 Å². The molecule has 1 amide bonds. The molecule has 0 bridgehead atoms. The Hall–Kier alpha value is -3.41. The first-order valence-corrected chi connectivity index (χ1v) is 8.76. The summed E-state index contributed by atoms with van der Waals surface area (Å²) in [5.74, 6) is -0.898. The molecule has 6 heteroatoms. The van der Waals surface area contributed by atoms with E-state index in [9.17, 15) is 9.59 Å². The minimum absolute atomic E-state index is 0.329. The van der Waals surface area contributed by atoms with Crippen molar-refractivity contribution in [3.05, 3.63) is 83.7 Å². The number of carbonyl (C=O) groups excluding carboxylic acids is 2. The number of benzene rings is 2. The largest absolute Gasteiger partial charge is 0.452 e. The van der Waals surface area contributed by atoms with E-state index < -0.39 is 5.97 Å². The van der Waals surface area contributed by atoms with Gasteiger partial charge in [-0.25, -0.2) is 4.79 Å². The van der Waals surface area contributed by atoms with Crippen LogP contribution in [0.5, 0.6) is 0 Å². The highest BCUT2D eigenvalue weighted by atomic mass is 16.5. The molecule has 0 spiro atoms. The third-order valence-electron chi connectivity index (χ3n) is 4.05. The maximum Gasteiger partial charge on any atom is 0.338 e. The van der Waals surface area contributed by atoms with Crippen molar-refractivity contribution in [1.82, 2.24) is 9.78 Å². The topological polar surface area (TPSA) is 73.2 Å². The second-order valence-electron chi connectivity index (χ2n) is 6.08. The Bertz CT molecular complexity index is 903. The number of amides is 1. The van der Waals surface area contributed by atoms with Crippen LogP contribution in [0.25, 0.3) is 0 Å². The number of nitrogens with zero attached hydrogens (tertiary/aromatic N) is 2. The average Bonchev–Trinajstić information content (AvgIpc) is 3.20. The highest BCUT2D eigenvalue weighted by Crippen LogP contribution is 2.11. The van der Waals surface area contributed by atoms with Crippen LogP contribution in [0.3, 0.4) is 0 Å². The van der Waals surface area contributed by atoms with Gasteiger partial charge < -0.3 is 10.1 Å². The molecule has 0 aliphatic rings. The Morgan fingerprint density at radius 1 is 1.07 bits per heavy atom. The van der Waals surface area contributed by atoms with Crippen LogP contribution in [-0.4, -0.2) is 28.3 Å². The molecule has 1 aromatic heterocycles. The van der Waals surface area contributed by atoms with Gasteiger partial charge in [-0.3, -0.25) is 9.48 Å². The van der Waals surface area contributed by atoms with Gasteiger partial charge in [-0.2, -0.15) is 5.10 Å². The molecular weight excluding hydrogens is 342 g/mol. The van der Waals surface area contributed by atoms with Crippen LogP contribution in [0, 0.1) is 0 Å². The lowest BCUT2D eigenvalue weighted by molar-refractivity contribution is -0.119. The van der Waals surface area contributed by atoms with E-state index in [-0.39, 0.29) is 12.5 Å². The molecule has 0 saturated carbocycles. The van der Waals surface area contributed by atoms with Crippen molar-refractivity contribution >= 4 is 17.6 Å². The minimum atomic E-state index is -0.530. The molecule has 3 aromatic rings. The van der Waals surface area contributed by atoms with E-state index in [2.05, 4.69) is 10.4 Å². The fourth-order valence-corrected chi connectivity index (χ4v) is 2.61. The monoisotopic (exact) mass is 363 g/mol. The Morgan fingerprint density at radius 2 is 1.89 bits per heavy atom. The van der Waals surface area contributed by atoms with Crippen molar-refractivity contribution < 1.29 is 14.3 Å². The lowest BCUT2D eigenvalue weighted by atomic mass is 10.1. The first-order valence-electron chi connectivity index (χ1n) is 8.76. The number of anilines is 1. The van der Waals surface area contributed by atoms with Crippen LogP contribution in [0.1, 0.15) is 28.4 Å². The quantitative estimate of drug-likeness (QED) is 0.654. The van der Waals surface area contributed by atoms with Crippen molar-refractivity contribution in [2.24, 2.45) is 0 Å². The number of aryl methyl sites for hydroxylation is 1. The first-order chi connectivity index (χ1) is 13.1. The molecule has 3 rings (SSSR count). The predicted molar refractivity (Wildman–Crippen MR) is 103 cm³/mol. The normalized spacial score (nSPS) is 10.4. The van der Waals surface area contributed by atoms with Crippen LogP contribution < -0.4 is 5.32 Å². The highest BCUT2D eigenvalue weighted by Gasteiger charge is 2.11. The van der Waals surface area contributed by atoms with E-state index in [0.717, 1.165) is 17.5 Å². The molecule has 1 heterocycles. The molecule has 27 heavy (non-hydrogen) atoms. The van der Waals surface area contributed by atoms with Crippen LogP contribution in [0.2, 0.25) is 0 Å². The summed E-state index contributed by atoms with van der Waals surface area (Å²) in [5.41, 5.74) is 3.24. The van der Waals surface area contributed by atoms with E-state index in [1.165, 1.54) is 0 Å². The van der Waals surface area contributed by atoms with E-state index in [4.69, 9.17) is 4.74 Å². The van der Waals surface area contributed by atoms with Gasteiger partial charge in [-0.1, -0.05) is 31.2 Å². The number of nitrogens with one attached hydrogen (secondary N) is 1. The second-order valence-corrected chi connectivity index (χ2v) is 6.08. The van der Waals surface area contributed by atoms with Gasteiger partial charge in [0.15, 0.2) is 6.61 Å². The third-order valence-corrected chi connectivity index (χ3v) is 4.05. The smallest absolute Gasteiger partial charge is 0.338 e. The summed E-state index contributed by atoms with van der Waals surface area (Å²) in [7, 11) is 0. The maximum absolute atomic E-state index is 12.1. The fourth-order valence-electron chi connectivity index (χ4n) is 2.61. The standard InChI is InChI=1S/C21H21N3O3/c1-2-16-5-3-6-19(13-16)23-20(25)15-27-21(26)18-9-7-17(8-10-18)14-24-12-4-11-22-24/h3-13H,2,14-15H2,1H3,(H,23,25). The summed E-state index contributed by atoms with van der Waals surface area (Å²) in [4.78, 5) is 24.1. The Balaban J connectivity index is 1.50. The van der Waals surface area contributed by atoms with Crippen LogP contribution in [-0.2, 0) is 22.5 Å². The van der Waals surface area contributed by atoms with E-state index in [1.807, 2.05) is 49.5 Å². The number of aromatic nitrogens is 2. The van der Waals surface area contributed by atoms with Crippen molar-refractivity contribution in [2.75, 3.05) is 11.9 Å². The number of hydrogen-bond acceptors (Lipinski definition) is 4. The van der Waals surface area contributed by atoms with Gasteiger partial charge in [-0.05, 0) is 47.9 Å². The summed E-state index contributed by atoms with van der Waals surface area (Å²) in [5, 5.41) is 6.88. The van der Waals surface area contributed by atoms with Crippen LogP contribution in [0.4, 0.5) is 5.69 Å². The Labute approximate surface area is 157 Å². The molecule has 0 fully saturated rings. The van der Waals surface area contributed by atoms with Gasteiger partial charge in [-0.15, -0.1) is 0 Å². The van der Waals surface area contributed by atoms with E-state index in [1.54, 1.807) is 29.1 Å². The molecule has 0 aliphatic carbocycles. The molecule has 0 aliphatic heterocycles. The molecule has 1 N–H and O–H groups in total. The number of ether oxygens (including phenoxy) is 1. The lowest BCUT2D eigenvalue weighted by Crippen LogP contribution is -2.21. The van der Waals surface area contributed by atoms with Gasteiger partial charge in [0.25, 0.3) is 5.91 Å². The summed E-state index contributed by atoms with van der Waals surface area (Å²) in [6, 6.07) is 16.5. The molecule has 6 nitrogen and oxygen atoms in total. The summed E-state index contributed by atoms with van der Waals surface area (Å²) < 4.78 is 6.89. The molecule has 0 unspecified atom stereocenters. The zero-order valence-corrected chi connectivity index (χ0v) is 15.1. The van der Waals surface area contributed by atoms with Gasteiger partial charge in [0.2, 0.25) is 0 Å². The summed E-state index contributed by atoms with van der Waals surface area (Å²) >= 11 is 0. The van der Waals surface area contributed by atoms with Gasteiger partial charge >= 0.3 is 5.97 Å². The fraction of sp³-hybridized carbons (Fsp3) is 0.190. The van der Waals surface area contributed by atoms with Crippen molar-refractivity contribution in [3.63, 3.8) is 0 Å². The first kappa shape index (κ1) is 18.4. The molecular formula is C21H21N3O3. The highest BCUT2D eigenvalue weighted by molar-refractivity contribution is 5.95. The second kappa shape index (κ2) is 8.80. The van der Waals surface area contributed by atoms with Crippen molar-refractivity contribution in [3.8, 4) is 0 Å². The van der Waals surface area contributed by atoms with Crippen LogP contribution in [0.15, 0.2) is 67.0 Å². The van der Waals surface area contributed by atoms with E-state index in [0.29, 0.717) is 17.8 Å². The Morgan fingerprint density at radius 3 is 2.59 bits per heavy atom. The SMILES string of the molecule is CCc1cccc(NC(=O)COC(=O)c2ccc(Cn3cccn3)cc2)c1. The molecule has 0 atom stereocenters. The minimum Gasteiger partial charge on any atom is -0.452 e. The number of esters is 1. The zero-order chi connectivity index (χ0) is 19.1. The molecule has 138 valence electrons. The van der Waals surface area contributed by atoms with Crippen molar-refractivity contribution in [1.29, 1.82) is 0 Å². The van der Waals surface area contributed by atoms with Crippen molar-refractivity contribution in [2.45, 2.75) is 19.9 Å². The average molecular weight is 363 g/mol. The third kappa shape index (κ3) is 5.28.